The van der Waals surface area contributed by atoms with Gasteiger partial charge in [0.15, 0.2) is 12.1 Å². The second kappa shape index (κ2) is 7.63. The van der Waals surface area contributed by atoms with E-state index in [1.165, 1.54) is 12.7 Å². The molecule has 1 aromatic heterocycles. The molecule has 0 radical (unpaired) electrons. The molecule has 7 heteroatoms. The minimum Gasteiger partial charge on any atom is -0.451 e. The molecule has 0 N–H and O–H groups in total. The summed E-state index contributed by atoms with van der Waals surface area (Å²) < 4.78 is 15.6. The average molecular weight is 337 g/mol. The number of oxazole rings is 1. The molecule has 1 atom stereocenters. The standard InChI is InChI=1S/C17H27N3O4/c1-22-8-7-20-12-17(9-14(20)10-23-2)3-5-19(6-4-17)16(21)15-11-24-13-18-15/h11,13-14H,3-10,12H2,1-2H3. The van der Waals surface area contributed by atoms with Gasteiger partial charge in [0.1, 0.15) is 6.26 Å². The predicted molar refractivity (Wildman–Crippen MR) is 87.8 cm³/mol. The molecule has 1 spiro atoms. The summed E-state index contributed by atoms with van der Waals surface area (Å²) in [6.07, 6.45) is 5.92. The second-order valence-electron chi connectivity index (χ2n) is 6.94. The second-order valence-corrected chi connectivity index (χ2v) is 6.94. The van der Waals surface area contributed by atoms with Gasteiger partial charge < -0.3 is 18.8 Å². The van der Waals surface area contributed by atoms with Crippen molar-refractivity contribution in [1.82, 2.24) is 14.8 Å². The first kappa shape index (κ1) is 17.4. The molecule has 0 saturated carbocycles. The van der Waals surface area contributed by atoms with Crippen molar-refractivity contribution in [2.24, 2.45) is 5.41 Å². The first-order chi connectivity index (χ1) is 11.7. The summed E-state index contributed by atoms with van der Waals surface area (Å²) in [5.74, 6) is -0.0266. The predicted octanol–water partition coefficient (Wildman–Crippen LogP) is 1.26. The highest BCUT2D eigenvalue weighted by Crippen LogP contribution is 2.43. The van der Waals surface area contributed by atoms with Gasteiger partial charge in [-0.05, 0) is 24.7 Å². The van der Waals surface area contributed by atoms with Gasteiger partial charge in [0.05, 0.1) is 13.2 Å². The molecule has 0 aliphatic carbocycles. The molecule has 2 aliphatic heterocycles. The fourth-order valence-electron chi connectivity index (χ4n) is 4.11. The first-order valence-electron chi connectivity index (χ1n) is 8.57. The van der Waals surface area contributed by atoms with E-state index in [0.717, 1.165) is 58.7 Å². The maximum absolute atomic E-state index is 12.4. The molecule has 2 aliphatic rings. The van der Waals surface area contributed by atoms with Crippen molar-refractivity contribution in [2.75, 3.05) is 53.6 Å². The minimum atomic E-state index is -0.0266. The van der Waals surface area contributed by atoms with Crippen LogP contribution in [0.5, 0.6) is 0 Å². The Morgan fingerprint density at radius 2 is 2.17 bits per heavy atom. The van der Waals surface area contributed by atoms with Crippen LogP contribution in [0, 0.1) is 5.41 Å². The Bertz CT molecular complexity index is 526. The van der Waals surface area contributed by atoms with Gasteiger partial charge >= 0.3 is 0 Å². The number of ether oxygens (including phenoxy) is 2. The Kier molecular flexibility index (Phi) is 5.53. The Labute approximate surface area is 142 Å². The lowest BCUT2D eigenvalue weighted by Crippen LogP contribution is -2.44. The van der Waals surface area contributed by atoms with Gasteiger partial charge in [-0.25, -0.2) is 4.98 Å². The number of hydrogen-bond donors (Lipinski definition) is 0. The van der Waals surface area contributed by atoms with Crippen LogP contribution < -0.4 is 0 Å². The van der Waals surface area contributed by atoms with Crippen molar-refractivity contribution in [3.05, 3.63) is 18.4 Å². The van der Waals surface area contributed by atoms with Crippen molar-refractivity contribution >= 4 is 5.91 Å². The maximum atomic E-state index is 12.4. The van der Waals surface area contributed by atoms with Crippen LogP contribution in [0.2, 0.25) is 0 Å². The number of carbonyl (C=O) groups excluding carboxylic acids is 1. The van der Waals surface area contributed by atoms with Crippen molar-refractivity contribution < 1.29 is 18.7 Å². The van der Waals surface area contributed by atoms with Crippen LogP contribution in [-0.4, -0.2) is 80.3 Å². The molecule has 0 aromatic carbocycles. The summed E-state index contributed by atoms with van der Waals surface area (Å²) >= 11 is 0. The summed E-state index contributed by atoms with van der Waals surface area (Å²) in [6, 6.07) is 0.447. The lowest BCUT2D eigenvalue weighted by atomic mass is 9.76. The smallest absolute Gasteiger partial charge is 0.275 e. The van der Waals surface area contributed by atoms with Crippen LogP contribution in [0.3, 0.4) is 0 Å². The Hall–Kier alpha value is -1.44. The van der Waals surface area contributed by atoms with E-state index in [0.29, 0.717) is 11.7 Å². The van der Waals surface area contributed by atoms with Crippen molar-refractivity contribution in [1.29, 1.82) is 0 Å². The van der Waals surface area contributed by atoms with Crippen LogP contribution in [0.25, 0.3) is 0 Å². The number of hydrogen-bond acceptors (Lipinski definition) is 6. The molecule has 7 nitrogen and oxygen atoms in total. The normalized spacial score (nSPS) is 23.9. The molecule has 2 fully saturated rings. The third kappa shape index (κ3) is 3.63. The molecular weight excluding hydrogens is 310 g/mol. The number of carbonyl (C=O) groups is 1. The van der Waals surface area contributed by atoms with Crippen molar-refractivity contribution in [3.63, 3.8) is 0 Å². The summed E-state index contributed by atoms with van der Waals surface area (Å²) in [4.78, 5) is 20.7. The van der Waals surface area contributed by atoms with E-state index in [2.05, 4.69) is 9.88 Å². The van der Waals surface area contributed by atoms with Gasteiger partial charge in [-0.3, -0.25) is 9.69 Å². The van der Waals surface area contributed by atoms with E-state index in [1.54, 1.807) is 14.2 Å². The Morgan fingerprint density at radius 1 is 1.38 bits per heavy atom. The number of piperidine rings is 1. The van der Waals surface area contributed by atoms with Crippen LogP contribution in [-0.2, 0) is 9.47 Å². The monoisotopic (exact) mass is 337 g/mol. The van der Waals surface area contributed by atoms with E-state index in [9.17, 15) is 4.79 Å². The maximum Gasteiger partial charge on any atom is 0.275 e. The molecule has 1 aromatic rings. The number of nitrogens with zero attached hydrogens (tertiary/aromatic N) is 3. The zero-order valence-corrected chi connectivity index (χ0v) is 14.6. The fraction of sp³-hybridized carbons (Fsp3) is 0.765. The number of methoxy groups -OCH3 is 2. The molecule has 1 amide bonds. The number of amides is 1. The highest BCUT2D eigenvalue weighted by molar-refractivity contribution is 5.91. The van der Waals surface area contributed by atoms with Gasteiger partial charge in [0.25, 0.3) is 5.91 Å². The van der Waals surface area contributed by atoms with Gasteiger partial charge in [0.2, 0.25) is 0 Å². The van der Waals surface area contributed by atoms with Crippen LogP contribution >= 0.6 is 0 Å². The van der Waals surface area contributed by atoms with Gasteiger partial charge in [-0.2, -0.15) is 0 Å². The van der Waals surface area contributed by atoms with Crippen molar-refractivity contribution in [3.8, 4) is 0 Å². The van der Waals surface area contributed by atoms with Crippen LogP contribution in [0.4, 0.5) is 0 Å². The Balaban J connectivity index is 1.59. The van der Waals surface area contributed by atoms with Gasteiger partial charge in [-0.1, -0.05) is 0 Å². The summed E-state index contributed by atoms with van der Waals surface area (Å²) in [7, 11) is 3.50. The molecule has 24 heavy (non-hydrogen) atoms. The zero-order chi connectivity index (χ0) is 17.0. The van der Waals surface area contributed by atoms with Crippen LogP contribution in [0.1, 0.15) is 29.8 Å². The highest BCUT2D eigenvalue weighted by atomic mass is 16.5. The molecule has 3 rings (SSSR count). The quantitative estimate of drug-likeness (QED) is 0.779. The number of rotatable bonds is 6. The molecule has 1 unspecified atom stereocenters. The van der Waals surface area contributed by atoms with E-state index < -0.39 is 0 Å². The fourth-order valence-corrected chi connectivity index (χ4v) is 4.11. The van der Waals surface area contributed by atoms with E-state index in [4.69, 9.17) is 13.9 Å². The number of aromatic nitrogens is 1. The minimum absolute atomic E-state index is 0.0266. The zero-order valence-electron chi connectivity index (χ0n) is 14.6. The summed E-state index contributed by atoms with van der Waals surface area (Å²) in [5, 5.41) is 0. The molecular formula is C17H27N3O4. The third-order valence-corrected chi connectivity index (χ3v) is 5.43. The first-order valence-corrected chi connectivity index (χ1v) is 8.57. The third-order valence-electron chi connectivity index (χ3n) is 5.43. The van der Waals surface area contributed by atoms with E-state index in [-0.39, 0.29) is 11.3 Å². The summed E-state index contributed by atoms with van der Waals surface area (Å²) in [6.45, 7) is 5.07. The largest absolute Gasteiger partial charge is 0.451 e. The van der Waals surface area contributed by atoms with Gasteiger partial charge in [-0.15, -0.1) is 0 Å². The Morgan fingerprint density at radius 3 is 2.79 bits per heavy atom. The molecule has 134 valence electrons. The summed E-state index contributed by atoms with van der Waals surface area (Å²) in [5.41, 5.74) is 0.689. The topological polar surface area (TPSA) is 68.0 Å². The molecule has 3 heterocycles. The van der Waals surface area contributed by atoms with E-state index >= 15 is 0 Å². The van der Waals surface area contributed by atoms with Gasteiger partial charge in [0, 0.05) is 46.4 Å². The molecule has 0 bridgehead atoms. The van der Waals surface area contributed by atoms with E-state index in [1.807, 2.05) is 4.90 Å². The lowest BCUT2D eigenvalue weighted by molar-refractivity contribution is 0.0576. The molecule has 2 saturated heterocycles. The number of likely N-dealkylation sites (tertiary alicyclic amines) is 2. The average Bonchev–Trinajstić information content (AvgIpc) is 3.23. The van der Waals surface area contributed by atoms with Crippen molar-refractivity contribution in [2.45, 2.75) is 25.3 Å². The highest BCUT2D eigenvalue weighted by Gasteiger charge is 2.45. The SMILES string of the molecule is COCCN1CC2(CCN(C(=O)c3cocn3)CC2)CC1COC. The lowest BCUT2D eigenvalue weighted by Gasteiger charge is -2.39. The van der Waals surface area contributed by atoms with Crippen LogP contribution in [0.15, 0.2) is 17.1 Å².